The van der Waals surface area contributed by atoms with Crippen LogP contribution in [0.25, 0.3) is 0 Å². The predicted octanol–water partition coefficient (Wildman–Crippen LogP) is 0.382. The van der Waals surface area contributed by atoms with Crippen molar-refractivity contribution in [3.05, 3.63) is 24.0 Å². The number of imide groups is 1. The number of nitrogens with one attached hydrogen (secondary N) is 1. The first-order valence-electron chi connectivity index (χ1n) is 6.97. The first kappa shape index (κ1) is 17.1. The number of amides is 3. The molecule has 0 unspecified atom stereocenters. The quantitative estimate of drug-likeness (QED) is 0.753. The van der Waals surface area contributed by atoms with Crippen molar-refractivity contribution in [2.45, 2.75) is 13.0 Å². The second-order valence-corrected chi connectivity index (χ2v) is 5.87. The fraction of sp³-hybridized carbons (Fsp3) is 0.429. The summed E-state index contributed by atoms with van der Waals surface area (Å²) >= 11 is 0.940. The Morgan fingerprint density at radius 2 is 2.17 bits per heavy atom. The zero-order chi connectivity index (χ0) is 17.0. The largest absolute Gasteiger partial charge is 0.448 e. The molecule has 1 saturated heterocycles. The Bertz CT molecular complexity index is 626. The standard InChI is InChI=1S/C14H17N3O5S/c1-9(22-13(20)10-4-3-6-16(10)2)12(19)15-5-7-17-11(18)8-23-14(17)21/h3-4,6,9H,5,7-8H2,1-2H3,(H,15,19)/t9-/m0/s1. The third-order valence-corrected chi connectivity index (χ3v) is 4.14. The molecular weight excluding hydrogens is 322 g/mol. The minimum absolute atomic E-state index is 0.106. The summed E-state index contributed by atoms with van der Waals surface area (Å²) in [7, 11) is 1.70. The molecule has 1 atom stereocenters. The first-order valence-corrected chi connectivity index (χ1v) is 7.96. The van der Waals surface area contributed by atoms with Crippen molar-refractivity contribution in [3.8, 4) is 0 Å². The van der Waals surface area contributed by atoms with Gasteiger partial charge in [-0.25, -0.2) is 4.79 Å². The Morgan fingerprint density at radius 1 is 1.43 bits per heavy atom. The van der Waals surface area contributed by atoms with Crippen molar-refractivity contribution in [1.82, 2.24) is 14.8 Å². The van der Waals surface area contributed by atoms with Crippen LogP contribution in [0, 0.1) is 0 Å². The van der Waals surface area contributed by atoms with Crippen molar-refractivity contribution >= 4 is 34.8 Å². The lowest BCUT2D eigenvalue weighted by molar-refractivity contribution is -0.130. The van der Waals surface area contributed by atoms with Crippen LogP contribution in [0.2, 0.25) is 0 Å². The summed E-state index contributed by atoms with van der Waals surface area (Å²) in [6.07, 6.45) is 0.723. The van der Waals surface area contributed by atoms with Gasteiger partial charge >= 0.3 is 5.97 Å². The minimum atomic E-state index is -0.975. The van der Waals surface area contributed by atoms with Gasteiger partial charge in [-0.3, -0.25) is 19.3 Å². The van der Waals surface area contributed by atoms with Crippen LogP contribution >= 0.6 is 11.8 Å². The highest BCUT2D eigenvalue weighted by atomic mass is 32.2. The number of carbonyl (C=O) groups excluding carboxylic acids is 4. The van der Waals surface area contributed by atoms with Gasteiger partial charge in [0.1, 0.15) is 5.69 Å². The second-order valence-electron chi connectivity index (χ2n) is 4.94. The molecule has 1 N–H and O–H groups in total. The maximum absolute atomic E-state index is 11.9. The molecule has 1 aliphatic heterocycles. The molecule has 0 aromatic carbocycles. The van der Waals surface area contributed by atoms with Gasteiger partial charge in [0.05, 0.1) is 5.75 Å². The van der Waals surface area contributed by atoms with E-state index < -0.39 is 18.0 Å². The molecule has 9 heteroatoms. The van der Waals surface area contributed by atoms with Gasteiger partial charge in [0.15, 0.2) is 6.10 Å². The highest BCUT2D eigenvalue weighted by Gasteiger charge is 2.29. The Morgan fingerprint density at radius 3 is 2.74 bits per heavy atom. The molecule has 1 fully saturated rings. The number of aryl methyl sites for hydroxylation is 1. The van der Waals surface area contributed by atoms with Gasteiger partial charge in [-0.15, -0.1) is 0 Å². The Balaban J connectivity index is 1.77. The Labute approximate surface area is 137 Å². The van der Waals surface area contributed by atoms with E-state index in [9.17, 15) is 19.2 Å². The predicted molar refractivity (Wildman–Crippen MR) is 82.9 cm³/mol. The summed E-state index contributed by atoms with van der Waals surface area (Å²) < 4.78 is 6.67. The SMILES string of the molecule is C[C@H](OC(=O)c1cccn1C)C(=O)NCCN1C(=O)CSC1=O. The van der Waals surface area contributed by atoms with Crippen LogP contribution in [0.5, 0.6) is 0 Å². The first-order chi connectivity index (χ1) is 10.9. The summed E-state index contributed by atoms with van der Waals surface area (Å²) in [6, 6.07) is 3.29. The van der Waals surface area contributed by atoms with Crippen molar-refractivity contribution in [3.63, 3.8) is 0 Å². The third-order valence-electron chi connectivity index (χ3n) is 3.28. The van der Waals surface area contributed by atoms with Gasteiger partial charge in [0.2, 0.25) is 5.91 Å². The van der Waals surface area contributed by atoms with Crippen LogP contribution in [0.1, 0.15) is 17.4 Å². The fourth-order valence-corrected chi connectivity index (χ4v) is 2.73. The van der Waals surface area contributed by atoms with Crippen molar-refractivity contribution < 1.29 is 23.9 Å². The van der Waals surface area contributed by atoms with Gasteiger partial charge in [-0.1, -0.05) is 11.8 Å². The van der Waals surface area contributed by atoms with Crippen LogP contribution in [0.15, 0.2) is 18.3 Å². The van der Waals surface area contributed by atoms with E-state index in [0.29, 0.717) is 5.69 Å². The molecule has 124 valence electrons. The highest BCUT2D eigenvalue weighted by Crippen LogP contribution is 2.17. The van der Waals surface area contributed by atoms with Gasteiger partial charge in [0, 0.05) is 26.3 Å². The minimum Gasteiger partial charge on any atom is -0.448 e. The average Bonchev–Trinajstić information content (AvgIpc) is 3.06. The molecule has 0 bridgehead atoms. The smallest absolute Gasteiger partial charge is 0.355 e. The van der Waals surface area contributed by atoms with Crippen molar-refractivity contribution in [2.75, 3.05) is 18.8 Å². The number of nitrogens with zero attached hydrogens (tertiary/aromatic N) is 2. The molecule has 2 rings (SSSR count). The van der Waals surface area contributed by atoms with E-state index in [2.05, 4.69) is 5.32 Å². The number of hydrogen-bond acceptors (Lipinski definition) is 6. The summed E-state index contributed by atoms with van der Waals surface area (Å²) in [6.45, 7) is 1.68. The number of thioether (sulfide) groups is 1. The third kappa shape index (κ3) is 4.13. The highest BCUT2D eigenvalue weighted by molar-refractivity contribution is 8.14. The number of esters is 1. The number of hydrogen-bond donors (Lipinski definition) is 1. The number of rotatable bonds is 6. The molecule has 0 radical (unpaired) electrons. The van der Waals surface area contributed by atoms with Crippen LogP contribution in [-0.2, 0) is 21.4 Å². The van der Waals surface area contributed by atoms with Crippen LogP contribution in [0.3, 0.4) is 0 Å². The Kier molecular flexibility index (Phi) is 5.43. The van der Waals surface area contributed by atoms with E-state index in [-0.39, 0.29) is 30.0 Å². The van der Waals surface area contributed by atoms with E-state index in [0.717, 1.165) is 16.7 Å². The number of ether oxygens (including phenoxy) is 1. The van der Waals surface area contributed by atoms with Crippen molar-refractivity contribution in [1.29, 1.82) is 0 Å². The fourth-order valence-electron chi connectivity index (χ4n) is 1.98. The molecule has 8 nitrogen and oxygen atoms in total. The van der Waals surface area contributed by atoms with Gasteiger partial charge in [0.25, 0.3) is 11.1 Å². The van der Waals surface area contributed by atoms with Gasteiger partial charge < -0.3 is 14.6 Å². The molecule has 0 saturated carbocycles. The molecule has 0 aliphatic carbocycles. The molecule has 2 heterocycles. The average molecular weight is 339 g/mol. The van der Waals surface area contributed by atoms with Gasteiger partial charge in [-0.2, -0.15) is 0 Å². The second kappa shape index (κ2) is 7.32. The van der Waals surface area contributed by atoms with Crippen LogP contribution in [-0.4, -0.2) is 57.4 Å². The zero-order valence-corrected chi connectivity index (χ0v) is 13.6. The molecule has 1 aliphatic rings. The topological polar surface area (TPSA) is 97.7 Å². The van der Waals surface area contributed by atoms with E-state index in [1.54, 1.807) is 29.9 Å². The van der Waals surface area contributed by atoms with Crippen molar-refractivity contribution in [2.24, 2.45) is 7.05 Å². The van der Waals surface area contributed by atoms with E-state index in [4.69, 9.17) is 4.74 Å². The lowest BCUT2D eigenvalue weighted by Gasteiger charge is -2.16. The zero-order valence-electron chi connectivity index (χ0n) is 12.8. The maximum atomic E-state index is 11.9. The normalized spacial score (nSPS) is 15.7. The summed E-state index contributed by atoms with van der Waals surface area (Å²) in [4.78, 5) is 47.6. The molecule has 1 aromatic rings. The monoisotopic (exact) mass is 339 g/mol. The molecular formula is C14H17N3O5S. The molecule has 0 spiro atoms. The number of carbonyl (C=O) groups is 4. The molecule has 3 amide bonds. The summed E-state index contributed by atoms with van der Waals surface area (Å²) in [5, 5.41) is 2.22. The molecule has 1 aromatic heterocycles. The lowest BCUT2D eigenvalue weighted by atomic mass is 10.3. The number of aromatic nitrogens is 1. The van der Waals surface area contributed by atoms with E-state index >= 15 is 0 Å². The Hall–Kier alpha value is -2.29. The van der Waals surface area contributed by atoms with Crippen LogP contribution in [0.4, 0.5) is 4.79 Å². The maximum Gasteiger partial charge on any atom is 0.355 e. The van der Waals surface area contributed by atoms with Crippen LogP contribution < -0.4 is 5.32 Å². The van der Waals surface area contributed by atoms with Gasteiger partial charge in [-0.05, 0) is 19.1 Å². The summed E-state index contributed by atoms with van der Waals surface area (Å²) in [5.74, 6) is -1.21. The van der Waals surface area contributed by atoms with E-state index in [1.807, 2.05) is 0 Å². The van der Waals surface area contributed by atoms with E-state index in [1.165, 1.54) is 6.92 Å². The summed E-state index contributed by atoms with van der Waals surface area (Å²) in [5.41, 5.74) is 0.343. The molecule has 23 heavy (non-hydrogen) atoms. The lowest BCUT2D eigenvalue weighted by Crippen LogP contribution is -2.41.